The fraction of sp³-hybridized carbons (Fsp3) is 0.516. The number of methoxy groups -OCH3 is 1. The molecule has 2 aromatic rings. The number of aliphatic hydroxyl groups excluding tert-OH is 1. The van der Waals surface area contributed by atoms with E-state index in [-0.39, 0.29) is 34.4 Å². The number of hydrogen-bond donors (Lipinski definition) is 5. The molecular weight excluding hydrogens is 562 g/mol. The molecule has 12 heteroatoms. The molecule has 43 heavy (non-hydrogen) atoms. The number of ether oxygens (including phenoxy) is 4. The van der Waals surface area contributed by atoms with Gasteiger partial charge in [-0.15, -0.1) is 0 Å². The first kappa shape index (κ1) is 31.0. The molecule has 0 bridgehead atoms. The molecule has 5 rings (SSSR count). The van der Waals surface area contributed by atoms with E-state index in [4.69, 9.17) is 24.7 Å². The number of benzene rings is 2. The monoisotopic (exact) mass is 599 g/mol. The van der Waals surface area contributed by atoms with Crippen LogP contribution in [0.15, 0.2) is 18.2 Å². The Kier molecular flexibility index (Phi) is 7.91. The predicted octanol–water partition coefficient (Wildman–Crippen LogP) is 1.82. The lowest BCUT2D eigenvalue weighted by Gasteiger charge is -2.42. The van der Waals surface area contributed by atoms with E-state index >= 15 is 0 Å². The number of rotatable bonds is 6. The summed E-state index contributed by atoms with van der Waals surface area (Å²) in [5.41, 5.74) is 2.05. The van der Waals surface area contributed by atoms with Gasteiger partial charge < -0.3 is 45.1 Å². The normalized spacial score (nSPS) is 28.6. The number of aromatic hydroxyl groups is 2. The average Bonchev–Trinajstić information content (AvgIpc) is 2.94. The van der Waals surface area contributed by atoms with Gasteiger partial charge in [-0.2, -0.15) is 0 Å². The number of phenols is 2. The van der Waals surface area contributed by atoms with E-state index in [2.05, 4.69) is 0 Å². The summed E-state index contributed by atoms with van der Waals surface area (Å²) in [6, 6.07) is 3.71. The highest BCUT2D eigenvalue weighted by Gasteiger charge is 2.50. The molecular formula is C31H37NO11. The molecule has 0 spiro atoms. The van der Waals surface area contributed by atoms with E-state index < -0.39 is 101 Å². The zero-order valence-electron chi connectivity index (χ0n) is 24.7. The number of ketones is 3. The summed E-state index contributed by atoms with van der Waals surface area (Å²) in [7, 11) is 1.34. The molecule has 6 atom stereocenters. The SMILES string of the molecule is COc1cccc2c1C(=O)c1c(O)c3c(c(O)c1C2=O)C[C@@](O)(C(=O)COC(C)(C)C)C[C@@H]3OC1C[C@H](N)[C@@H](O)[C@H](C)O1. The second-order valence-electron chi connectivity index (χ2n) is 12.4. The predicted molar refractivity (Wildman–Crippen MR) is 150 cm³/mol. The quantitative estimate of drug-likeness (QED) is 0.258. The van der Waals surface area contributed by atoms with Gasteiger partial charge in [-0.1, -0.05) is 12.1 Å². The van der Waals surface area contributed by atoms with Crippen molar-refractivity contribution in [2.75, 3.05) is 13.7 Å². The first-order valence-corrected chi connectivity index (χ1v) is 14.1. The van der Waals surface area contributed by atoms with Gasteiger partial charge >= 0.3 is 0 Å². The third-order valence-electron chi connectivity index (χ3n) is 8.30. The van der Waals surface area contributed by atoms with Gasteiger partial charge in [-0.05, 0) is 33.8 Å². The molecule has 1 saturated heterocycles. The lowest BCUT2D eigenvalue weighted by atomic mass is 9.72. The van der Waals surface area contributed by atoms with Crippen molar-refractivity contribution in [2.24, 2.45) is 5.73 Å². The van der Waals surface area contributed by atoms with E-state index in [1.54, 1.807) is 27.7 Å². The van der Waals surface area contributed by atoms with Crippen LogP contribution in [0, 0.1) is 0 Å². The zero-order chi connectivity index (χ0) is 31.6. The van der Waals surface area contributed by atoms with Crippen LogP contribution in [0.2, 0.25) is 0 Å². The molecule has 2 aliphatic carbocycles. The summed E-state index contributed by atoms with van der Waals surface area (Å²) in [4.78, 5) is 40.9. The highest BCUT2D eigenvalue weighted by atomic mass is 16.7. The molecule has 2 aromatic carbocycles. The second-order valence-corrected chi connectivity index (χ2v) is 12.4. The minimum absolute atomic E-state index is 0.0304. The molecule has 1 heterocycles. The van der Waals surface area contributed by atoms with Gasteiger partial charge in [-0.25, -0.2) is 0 Å². The fourth-order valence-electron chi connectivity index (χ4n) is 6.02. The molecule has 1 fully saturated rings. The van der Waals surface area contributed by atoms with E-state index in [0.29, 0.717) is 0 Å². The Hall–Kier alpha value is -3.39. The Morgan fingerprint density at radius 2 is 1.79 bits per heavy atom. The van der Waals surface area contributed by atoms with Crippen molar-refractivity contribution >= 4 is 17.3 Å². The average molecular weight is 600 g/mol. The molecule has 232 valence electrons. The number of carbonyl (C=O) groups is 3. The zero-order valence-corrected chi connectivity index (χ0v) is 24.7. The van der Waals surface area contributed by atoms with Crippen LogP contribution in [-0.4, -0.2) is 87.2 Å². The first-order valence-electron chi connectivity index (χ1n) is 14.1. The molecule has 0 saturated carbocycles. The van der Waals surface area contributed by atoms with Gasteiger partial charge in [-0.3, -0.25) is 14.4 Å². The van der Waals surface area contributed by atoms with Crippen LogP contribution < -0.4 is 10.5 Å². The van der Waals surface area contributed by atoms with Crippen LogP contribution in [0.25, 0.3) is 0 Å². The Morgan fingerprint density at radius 1 is 1.12 bits per heavy atom. The van der Waals surface area contributed by atoms with E-state index in [1.165, 1.54) is 25.3 Å². The third kappa shape index (κ3) is 5.32. The highest BCUT2D eigenvalue weighted by Crippen LogP contribution is 2.52. The molecule has 12 nitrogen and oxygen atoms in total. The molecule has 1 unspecified atom stereocenters. The molecule has 0 radical (unpaired) electrons. The van der Waals surface area contributed by atoms with Crippen LogP contribution in [0.3, 0.4) is 0 Å². The van der Waals surface area contributed by atoms with E-state index in [9.17, 15) is 34.8 Å². The Bertz CT molecular complexity index is 1480. The van der Waals surface area contributed by atoms with Gasteiger partial charge in [0.2, 0.25) is 5.78 Å². The summed E-state index contributed by atoms with van der Waals surface area (Å²) >= 11 is 0. The number of aliphatic hydroxyl groups is 2. The summed E-state index contributed by atoms with van der Waals surface area (Å²) in [6.07, 6.45) is -4.87. The standard InChI is InChI=1S/C31H37NO11/c1-13-25(34)16(32)9-20(42-13)43-18-11-31(39,19(33)12-41-30(2,3)4)10-15-22(18)29(38)24-23(27(15)36)26(35)14-7-6-8-17(40-5)21(14)28(24)37/h6-8,13,16,18,20,25,34,36,38-39H,9-12,32H2,1-5H3/t13-,16-,18-,20?,25-,31-/m0/s1. The summed E-state index contributed by atoms with van der Waals surface area (Å²) in [5.74, 6) is -3.37. The van der Waals surface area contributed by atoms with Gasteiger partial charge in [0.15, 0.2) is 17.9 Å². The molecule has 0 amide bonds. The first-order chi connectivity index (χ1) is 20.1. The summed E-state index contributed by atoms with van der Waals surface area (Å²) < 4.78 is 22.9. The van der Waals surface area contributed by atoms with Crippen molar-refractivity contribution in [3.63, 3.8) is 0 Å². The van der Waals surface area contributed by atoms with Gasteiger partial charge in [0.05, 0.1) is 47.7 Å². The van der Waals surface area contributed by atoms with Gasteiger partial charge in [0, 0.05) is 42.0 Å². The van der Waals surface area contributed by atoms with Crippen molar-refractivity contribution in [3.8, 4) is 17.2 Å². The van der Waals surface area contributed by atoms with Crippen molar-refractivity contribution in [1.29, 1.82) is 0 Å². The maximum atomic E-state index is 13.8. The molecule has 0 aromatic heterocycles. The number of Topliss-reactive ketones (excluding diaryl/α,β-unsaturated/α-hetero) is 1. The maximum Gasteiger partial charge on any atom is 0.202 e. The van der Waals surface area contributed by atoms with E-state index in [1.807, 2.05) is 0 Å². The fourth-order valence-corrected chi connectivity index (χ4v) is 6.02. The van der Waals surface area contributed by atoms with Crippen LogP contribution in [0.1, 0.15) is 89.6 Å². The molecule has 1 aliphatic heterocycles. The van der Waals surface area contributed by atoms with Crippen LogP contribution >= 0.6 is 0 Å². The third-order valence-corrected chi connectivity index (χ3v) is 8.30. The Morgan fingerprint density at radius 3 is 2.42 bits per heavy atom. The highest BCUT2D eigenvalue weighted by molar-refractivity contribution is 6.31. The number of nitrogens with two attached hydrogens (primary N) is 1. The Labute approximate surface area is 248 Å². The minimum Gasteiger partial charge on any atom is -0.507 e. The second kappa shape index (κ2) is 11.0. The van der Waals surface area contributed by atoms with Crippen LogP contribution in [0.5, 0.6) is 17.2 Å². The minimum atomic E-state index is -2.15. The van der Waals surface area contributed by atoms with Crippen molar-refractivity contribution in [1.82, 2.24) is 0 Å². The number of fused-ring (bicyclic) bond motifs is 3. The van der Waals surface area contributed by atoms with E-state index in [0.717, 1.165) is 0 Å². The van der Waals surface area contributed by atoms with Gasteiger partial charge in [0.1, 0.15) is 29.5 Å². The van der Waals surface area contributed by atoms with Crippen molar-refractivity contribution in [2.45, 2.75) is 88.8 Å². The lowest BCUT2D eigenvalue weighted by Crippen LogP contribution is -2.53. The number of carbonyl (C=O) groups excluding carboxylic acids is 3. The molecule has 3 aliphatic rings. The van der Waals surface area contributed by atoms with Crippen LogP contribution in [-0.2, 0) is 25.4 Å². The van der Waals surface area contributed by atoms with Crippen molar-refractivity contribution < 1.29 is 53.8 Å². The van der Waals surface area contributed by atoms with Crippen LogP contribution in [0.4, 0.5) is 0 Å². The number of phenolic OH excluding ortho intramolecular Hbond substituents is 2. The molecule has 6 N–H and O–H groups in total. The van der Waals surface area contributed by atoms with Gasteiger partial charge in [0.25, 0.3) is 0 Å². The maximum absolute atomic E-state index is 13.8. The Balaban J connectivity index is 1.65. The topological polar surface area (TPSA) is 195 Å². The summed E-state index contributed by atoms with van der Waals surface area (Å²) in [6.45, 7) is 6.39. The lowest BCUT2D eigenvalue weighted by molar-refractivity contribution is -0.247. The van der Waals surface area contributed by atoms with Crippen molar-refractivity contribution in [3.05, 3.63) is 51.6 Å². The summed E-state index contributed by atoms with van der Waals surface area (Å²) in [5, 5.41) is 45.2. The number of hydrogen-bond acceptors (Lipinski definition) is 12. The largest absolute Gasteiger partial charge is 0.507 e. The smallest absolute Gasteiger partial charge is 0.202 e.